The Morgan fingerprint density at radius 3 is 2.68 bits per heavy atom. The minimum Gasteiger partial charge on any atom is -0.298 e. The predicted molar refractivity (Wildman–Crippen MR) is 74.7 cm³/mol. The first-order valence-electron chi connectivity index (χ1n) is 6.55. The van der Waals surface area contributed by atoms with Crippen LogP contribution in [0.15, 0.2) is 36.7 Å². The minimum atomic E-state index is -4.48. The lowest BCUT2D eigenvalue weighted by Crippen LogP contribution is -2.30. The lowest BCUT2D eigenvalue weighted by atomic mass is 10.2. The molecule has 0 fully saturated rings. The van der Waals surface area contributed by atoms with Gasteiger partial charge in [0, 0.05) is 19.7 Å². The summed E-state index contributed by atoms with van der Waals surface area (Å²) in [5.74, 6) is -0.402. The second-order valence-electron chi connectivity index (χ2n) is 4.74. The number of hydrogen-bond acceptors (Lipinski definition) is 3. The smallest absolute Gasteiger partial charge is 0.298 e. The SMILES string of the molecule is Cn1cc(CCC(=O)NNc2ccccc2C(F)(F)F)cn1. The summed E-state index contributed by atoms with van der Waals surface area (Å²) in [6.07, 6.45) is -0.460. The van der Waals surface area contributed by atoms with Crippen molar-refractivity contribution >= 4 is 11.6 Å². The van der Waals surface area contributed by atoms with Gasteiger partial charge >= 0.3 is 6.18 Å². The molecule has 0 aliphatic carbocycles. The molecule has 0 unspecified atom stereocenters. The first-order valence-corrected chi connectivity index (χ1v) is 6.55. The molecule has 0 spiro atoms. The van der Waals surface area contributed by atoms with E-state index < -0.39 is 17.6 Å². The zero-order chi connectivity index (χ0) is 16.2. The number of aryl methyl sites for hydroxylation is 2. The number of anilines is 1. The van der Waals surface area contributed by atoms with Crippen LogP contribution >= 0.6 is 0 Å². The molecule has 0 aliphatic heterocycles. The topological polar surface area (TPSA) is 59.0 Å². The van der Waals surface area contributed by atoms with Gasteiger partial charge in [0.05, 0.1) is 17.4 Å². The quantitative estimate of drug-likeness (QED) is 0.834. The molecule has 1 aromatic carbocycles. The average Bonchev–Trinajstić information content (AvgIpc) is 2.88. The third kappa shape index (κ3) is 4.24. The van der Waals surface area contributed by atoms with Gasteiger partial charge in [-0.2, -0.15) is 18.3 Å². The largest absolute Gasteiger partial charge is 0.418 e. The fourth-order valence-electron chi connectivity index (χ4n) is 1.90. The molecule has 0 saturated heterocycles. The summed E-state index contributed by atoms with van der Waals surface area (Å²) in [4.78, 5) is 11.7. The Labute approximate surface area is 125 Å². The summed E-state index contributed by atoms with van der Waals surface area (Å²) < 4.78 is 40.0. The van der Waals surface area contributed by atoms with Crippen LogP contribution in [0.5, 0.6) is 0 Å². The van der Waals surface area contributed by atoms with E-state index in [9.17, 15) is 18.0 Å². The molecule has 118 valence electrons. The van der Waals surface area contributed by atoms with Crippen LogP contribution in [0, 0.1) is 0 Å². The highest BCUT2D eigenvalue weighted by molar-refractivity contribution is 5.77. The second-order valence-corrected chi connectivity index (χ2v) is 4.74. The van der Waals surface area contributed by atoms with Gasteiger partial charge in [0.25, 0.3) is 0 Å². The van der Waals surface area contributed by atoms with Gasteiger partial charge < -0.3 is 0 Å². The molecule has 5 nitrogen and oxygen atoms in total. The number of nitrogens with one attached hydrogen (secondary N) is 2. The predicted octanol–water partition coefficient (Wildman–Crippen LogP) is 2.51. The molecular weight excluding hydrogens is 297 g/mol. The summed E-state index contributed by atoms with van der Waals surface area (Å²) in [5.41, 5.74) is 4.45. The number of alkyl halides is 3. The first-order chi connectivity index (χ1) is 10.4. The van der Waals surface area contributed by atoms with Crippen LogP contribution in [-0.4, -0.2) is 15.7 Å². The standard InChI is InChI=1S/C14H15F3N4O/c1-21-9-10(8-18-21)6-7-13(22)20-19-12-5-3-2-4-11(12)14(15,16)17/h2-5,8-9,19H,6-7H2,1H3,(H,20,22). The number of halogens is 3. The lowest BCUT2D eigenvalue weighted by molar-refractivity contribution is -0.137. The van der Waals surface area contributed by atoms with E-state index in [1.807, 2.05) is 0 Å². The highest BCUT2D eigenvalue weighted by Gasteiger charge is 2.33. The van der Waals surface area contributed by atoms with E-state index in [4.69, 9.17) is 0 Å². The Bertz CT molecular complexity index is 652. The lowest BCUT2D eigenvalue weighted by Gasteiger charge is -2.14. The fraction of sp³-hybridized carbons (Fsp3) is 0.286. The Kier molecular flexibility index (Phi) is 4.69. The molecule has 0 atom stereocenters. The van der Waals surface area contributed by atoms with E-state index in [0.29, 0.717) is 6.42 Å². The van der Waals surface area contributed by atoms with E-state index >= 15 is 0 Å². The molecule has 1 heterocycles. The van der Waals surface area contributed by atoms with Crippen LogP contribution < -0.4 is 10.9 Å². The molecule has 2 rings (SSSR count). The van der Waals surface area contributed by atoms with Gasteiger partial charge in [-0.1, -0.05) is 12.1 Å². The van der Waals surface area contributed by atoms with Crippen LogP contribution in [0.4, 0.5) is 18.9 Å². The molecule has 22 heavy (non-hydrogen) atoms. The molecule has 1 aromatic heterocycles. The number of hydrazine groups is 1. The van der Waals surface area contributed by atoms with Gasteiger partial charge in [-0.05, 0) is 24.1 Å². The second kappa shape index (κ2) is 6.50. The fourth-order valence-corrected chi connectivity index (χ4v) is 1.90. The molecule has 0 aliphatic rings. The van der Waals surface area contributed by atoms with Crippen LogP contribution in [-0.2, 0) is 24.4 Å². The van der Waals surface area contributed by atoms with Crippen LogP contribution in [0.25, 0.3) is 0 Å². The summed E-state index contributed by atoms with van der Waals surface area (Å²) in [5, 5.41) is 3.97. The van der Waals surface area contributed by atoms with Gasteiger partial charge in [-0.25, -0.2) is 0 Å². The van der Waals surface area contributed by atoms with Crippen LogP contribution in [0.3, 0.4) is 0 Å². The molecule has 1 amide bonds. The maximum Gasteiger partial charge on any atom is 0.418 e. The van der Waals surface area contributed by atoms with E-state index in [2.05, 4.69) is 16.0 Å². The van der Waals surface area contributed by atoms with Crippen molar-refractivity contribution in [3.05, 3.63) is 47.8 Å². The number of rotatable bonds is 5. The Morgan fingerprint density at radius 1 is 1.32 bits per heavy atom. The van der Waals surface area contributed by atoms with Crippen molar-refractivity contribution < 1.29 is 18.0 Å². The number of aromatic nitrogens is 2. The number of para-hydroxylation sites is 1. The van der Waals surface area contributed by atoms with Crippen molar-refractivity contribution in [3.8, 4) is 0 Å². The van der Waals surface area contributed by atoms with Crippen molar-refractivity contribution in [2.45, 2.75) is 19.0 Å². The third-order valence-corrected chi connectivity index (χ3v) is 2.97. The number of hydrogen-bond donors (Lipinski definition) is 2. The van der Waals surface area contributed by atoms with E-state index in [0.717, 1.165) is 11.6 Å². The highest BCUT2D eigenvalue weighted by atomic mass is 19.4. The van der Waals surface area contributed by atoms with Gasteiger partial charge in [0.2, 0.25) is 5.91 Å². The van der Waals surface area contributed by atoms with E-state index in [1.54, 1.807) is 24.1 Å². The molecular formula is C14H15F3N4O. The van der Waals surface area contributed by atoms with Gasteiger partial charge in [0.15, 0.2) is 0 Å². The maximum absolute atomic E-state index is 12.8. The molecule has 2 aromatic rings. The summed E-state index contributed by atoms with van der Waals surface area (Å²) in [6, 6.07) is 4.95. The normalized spacial score (nSPS) is 11.3. The zero-order valence-corrected chi connectivity index (χ0v) is 11.8. The zero-order valence-electron chi connectivity index (χ0n) is 11.8. The molecule has 0 radical (unpaired) electrons. The van der Waals surface area contributed by atoms with Gasteiger partial charge in [-0.15, -0.1) is 0 Å². The van der Waals surface area contributed by atoms with Crippen molar-refractivity contribution in [2.75, 3.05) is 5.43 Å². The van der Waals surface area contributed by atoms with Gasteiger partial charge in [-0.3, -0.25) is 20.3 Å². The van der Waals surface area contributed by atoms with Crippen LogP contribution in [0.1, 0.15) is 17.5 Å². The molecule has 2 N–H and O–H groups in total. The van der Waals surface area contributed by atoms with Crippen molar-refractivity contribution in [1.29, 1.82) is 0 Å². The van der Waals surface area contributed by atoms with Crippen LogP contribution in [0.2, 0.25) is 0 Å². The monoisotopic (exact) mass is 312 g/mol. The van der Waals surface area contributed by atoms with Crippen molar-refractivity contribution in [3.63, 3.8) is 0 Å². The first kappa shape index (κ1) is 15.9. The molecule has 0 saturated carbocycles. The summed E-state index contributed by atoms with van der Waals surface area (Å²) >= 11 is 0. The molecule has 8 heteroatoms. The van der Waals surface area contributed by atoms with E-state index in [1.165, 1.54) is 18.2 Å². The Morgan fingerprint density at radius 2 is 2.05 bits per heavy atom. The summed E-state index contributed by atoms with van der Waals surface area (Å²) in [7, 11) is 1.76. The maximum atomic E-state index is 12.8. The van der Waals surface area contributed by atoms with Gasteiger partial charge in [0.1, 0.15) is 0 Å². The molecule has 0 bridgehead atoms. The summed E-state index contributed by atoms with van der Waals surface area (Å²) in [6.45, 7) is 0. The average molecular weight is 312 g/mol. The number of benzene rings is 1. The highest BCUT2D eigenvalue weighted by Crippen LogP contribution is 2.34. The number of amides is 1. The minimum absolute atomic E-state index is 0.146. The number of nitrogens with zero attached hydrogens (tertiary/aromatic N) is 2. The van der Waals surface area contributed by atoms with E-state index in [-0.39, 0.29) is 12.1 Å². The third-order valence-electron chi connectivity index (χ3n) is 2.97. The Balaban J connectivity index is 1.89. The Hall–Kier alpha value is -2.51. The number of carbonyl (C=O) groups is 1. The number of carbonyl (C=O) groups excluding carboxylic acids is 1. The van der Waals surface area contributed by atoms with Crippen molar-refractivity contribution in [2.24, 2.45) is 7.05 Å². The van der Waals surface area contributed by atoms with Crippen molar-refractivity contribution in [1.82, 2.24) is 15.2 Å².